The Labute approximate surface area is 181 Å². The fourth-order valence-electron chi connectivity index (χ4n) is 4.65. The Morgan fingerprint density at radius 2 is 2.13 bits per heavy atom. The molecule has 1 N–H and O–H groups in total. The first-order valence-electron chi connectivity index (χ1n) is 10.4. The molecule has 2 aliphatic rings. The lowest BCUT2D eigenvalue weighted by atomic mass is 9.84. The summed E-state index contributed by atoms with van der Waals surface area (Å²) in [6, 6.07) is 5.18. The van der Waals surface area contributed by atoms with Crippen molar-refractivity contribution in [3.05, 3.63) is 52.2 Å². The van der Waals surface area contributed by atoms with E-state index in [1.165, 1.54) is 7.11 Å². The van der Waals surface area contributed by atoms with Gasteiger partial charge in [-0.3, -0.25) is 4.79 Å². The van der Waals surface area contributed by atoms with Crippen LogP contribution < -0.4 is 0 Å². The summed E-state index contributed by atoms with van der Waals surface area (Å²) in [4.78, 5) is 31.4. The van der Waals surface area contributed by atoms with Crippen molar-refractivity contribution in [1.82, 2.24) is 9.88 Å². The monoisotopic (exact) mass is 422 g/mol. The second kappa shape index (κ2) is 7.81. The predicted molar refractivity (Wildman–Crippen MR) is 116 cm³/mol. The molecular formula is C24H26N2O5. The van der Waals surface area contributed by atoms with Gasteiger partial charge >= 0.3 is 5.97 Å². The summed E-state index contributed by atoms with van der Waals surface area (Å²) in [6.07, 6.45) is 3.70. The van der Waals surface area contributed by atoms with Crippen LogP contribution in [0.25, 0.3) is 16.6 Å². The molecule has 162 valence electrons. The highest BCUT2D eigenvalue weighted by Gasteiger charge is 2.46. The zero-order valence-electron chi connectivity index (χ0n) is 18.2. The third-order valence-corrected chi connectivity index (χ3v) is 6.33. The zero-order valence-corrected chi connectivity index (χ0v) is 18.2. The highest BCUT2D eigenvalue weighted by atomic mass is 16.6. The molecule has 1 unspecified atom stereocenters. The van der Waals surface area contributed by atoms with Gasteiger partial charge in [0, 0.05) is 42.8 Å². The number of phenolic OH excluding ortho intramolecular Hbond substituents is 1. The third-order valence-electron chi connectivity index (χ3n) is 6.33. The molecule has 0 saturated heterocycles. The minimum Gasteiger partial charge on any atom is -0.508 e. The number of carbonyl (C=O) groups is 2. The number of ether oxygens (including phenoxy) is 2. The highest BCUT2D eigenvalue weighted by molar-refractivity contribution is 5.94. The molecule has 3 heterocycles. The Morgan fingerprint density at radius 1 is 1.35 bits per heavy atom. The number of benzene rings is 1. The lowest BCUT2D eigenvalue weighted by Crippen LogP contribution is -2.47. The van der Waals surface area contributed by atoms with Crippen LogP contribution in [0.3, 0.4) is 0 Å². The Bertz CT molecular complexity index is 1140. The number of aryl methyl sites for hydroxylation is 1. The predicted octanol–water partition coefficient (Wildman–Crippen LogP) is 3.14. The second-order valence-corrected chi connectivity index (χ2v) is 7.88. The van der Waals surface area contributed by atoms with Crippen LogP contribution in [0.4, 0.5) is 0 Å². The van der Waals surface area contributed by atoms with Crippen LogP contribution in [-0.4, -0.2) is 53.6 Å². The van der Waals surface area contributed by atoms with Crippen LogP contribution in [0, 0.1) is 0 Å². The Balaban J connectivity index is 1.98. The first-order chi connectivity index (χ1) is 14.9. The van der Waals surface area contributed by atoms with E-state index in [2.05, 4.69) is 11.8 Å². The molecule has 4 rings (SSSR count). The fourth-order valence-corrected chi connectivity index (χ4v) is 4.65. The van der Waals surface area contributed by atoms with Crippen LogP contribution in [0.2, 0.25) is 0 Å². The van der Waals surface area contributed by atoms with Gasteiger partial charge in [-0.15, -0.1) is 0 Å². The van der Waals surface area contributed by atoms with Gasteiger partial charge in [-0.2, -0.15) is 0 Å². The van der Waals surface area contributed by atoms with Gasteiger partial charge in [0.2, 0.25) is 0 Å². The quantitative estimate of drug-likeness (QED) is 0.585. The standard InChI is InChI=1S/C24H26N2O5/c1-5-16-17-9-15(28)7-8-20(17)25-22-18(16)11-26(3)21(22)10-19-14(12-27)13-31-23(29)24(19,6-2)30-4/h7-10,12,28H,5-6,11,13H2,1-4H3. The number of rotatable bonds is 5. The normalized spacial score (nSPS) is 22.3. The van der Waals surface area contributed by atoms with Crippen molar-refractivity contribution in [3.63, 3.8) is 0 Å². The van der Waals surface area contributed by atoms with Crippen molar-refractivity contribution in [2.24, 2.45) is 0 Å². The summed E-state index contributed by atoms with van der Waals surface area (Å²) in [5.74, 6) is -0.285. The maximum absolute atomic E-state index is 12.7. The van der Waals surface area contributed by atoms with Gasteiger partial charge in [-0.05, 0) is 42.7 Å². The van der Waals surface area contributed by atoms with E-state index in [4.69, 9.17) is 14.5 Å². The third kappa shape index (κ3) is 3.11. The number of pyridine rings is 1. The largest absolute Gasteiger partial charge is 0.508 e. The number of carbonyl (C=O) groups excluding carboxylic acids is 2. The van der Waals surface area contributed by atoms with Crippen molar-refractivity contribution in [2.45, 2.75) is 38.8 Å². The smallest absolute Gasteiger partial charge is 0.343 e. The topological polar surface area (TPSA) is 89.0 Å². The molecule has 7 heteroatoms. The van der Waals surface area contributed by atoms with Gasteiger partial charge in [0.15, 0.2) is 5.60 Å². The molecule has 7 nitrogen and oxygen atoms in total. The molecule has 0 aliphatic carbocycles. The average Bonchev–Trinajstić information content (AvgIpc) is 3.08. The number of aromatic nitrogens is 1. The first-order valence-corrected chi connectivity index (χ1v) is 10.4. The Hall–Kier alpha value is -3.19. The number of esters is 1. The molecule has 1 atom stereocenters. The van der Waals surface area contributed by atoms with Gasteiger partial charge in [-0.25, -0.2) is 9.78 Å². The van der Waals surface area contributed by atoms with E-state index in [0.717, 1.165) is 46.1 Å². The van der Waals surface area contributed by atoms with Crippen LogP contribution in [0.1, 0.15) is 37.1 Å². The summed E-state index contributed by atoms with van der Waals surface area (Å²) >= 11 is 0. The lowest BCUT2D eigenvalue weighted by Gasteiger charge is -2.35. The molecule has 1 aromatic carbocycles. The van der Waals surface area contributed by atoms with E-state index in [9.17, 15) is 14.7 Å². The highest BCUT2D eigenvalue weighted by Crippen LogP contribution is 2.41. The fraction of sp³-hybridized carbons (Fsp3) is 0.375. The molecule has 0 spiro atoms. The van der Waals surface area contributed by atoms with Gasteiger partial charge in [0.1, 0.15) is 18.6 Å². The summed E-state index contributed by atoms with van der Waals surface area (Å²) in [5, 5.41) is 10.9. The molecule has 0 radical (unpaired) electrons. The van der Waals surface area contributed by atoms with E-state index < -0.39 is 11.6 Å². The van der Waals surface area contributed by atoms with E-state index >= 15 is 0 Å². The minimum absolute atomic E-state index is 0.0756. The number of hydrogen-bond donors (Lipinski definition) is 1. The number of nitrogens with zero attached hydrogens (tertiary/aromatic N) is 2. The van der Waals surface area contributed by atoms with E-state index in [1.54, 1.807) is 18.2 Å². The van der Waals surface area contributed by atoms with Crippen molar-refractivity contribution >= 4 is 28.9 Å². The van der Waals surface area contributed by atoms with Gasteiger partial charge in [-0.1, -0.05) is 13.8 Å². The maximum Gasteiger partial charge on any atom is 0.343 e. The van der Waals surface area contributed by atoms with E-state index in [0.29, 0.717) is 24.1 Å². The van der Waals surface area contributed by atoms with Crippen LogP contribution >= 0.6 is 0 Å². The summed E-state index contributed by atoms with van der Waals surface area (Å²) in [5.41, 5.74) is 4.21. The van der Waals surface area contributed by atoms with Crippen molar-refractivity contribution < 1.29 is 24.2 Å². The number of methoxy groups -OCH3 is 1. The Morgan fingerprint density at radius 3 is 2.77 bits per heavy atom. The Kier molecular flexibility index (Phi) is 5.31. The van der Waals surface area contributed by atoms with Crippen molar-refractivity contribution in [3.8, 4) is 5.75 Å². The zero-order chi connectivity index (χ0) is 22.3. The first kappa shape index (κ1) is 21.1. The van der Waals surface area contributed by atoms with E-state index in [-0.39, 0.29) is 12.4 Å². The molecule has 1 aromatic heterocycles. The van der Waals surface area contributed by atoms with Crippen LogP contribution in [0.5, 0.6) is 5.75 Å². The van der Waals surface area contributed by atoms with Crippen LogP contribution in [-0.2, 0) is 32.0 Å². The average molecular weight is 422 g/mol. The maximum atomic E-state index is 12.7. The molecule has 0 saturated carbocycles. The summed E-state index contributed by atoms with van der Waals surface area (Å²) in [6.45, 7) is 4.48. The summed E-state index contributed by atoms with van der Waals surface area (Å²) in [7, 11) is 3.41. The molecular weight excluding hydrogens is 396 g/mol. The van der Waals surface area contributed by atoms with Crippen molar-refractivity contribution in [2.75, 3.05) is 20.8 Å². The SMILES string of the molecule is CCc1c2c(nc3ccc(O)cc13)C(=CC1=C(C=O)COC(=O)C1(CC)OC)N(C)C2. The second-order valence-electron chi connectivity index (χ2n) is 7.88. The summed E-state index contributed by atoms with van der Waals surface area (Å²) < 4.78 is 10.9. The lowest BCUT2D eigenvalue weighted by molar-refractivity contribution is -0.166. The molecule has 31 heavy (non-hydrogen) atoms. The molecule has 0 amide bonds. The number of hydrogen-bond acceptors (Lipinski definition) is 7. The minimum atomic E-state index is -1.33. The van der Waals surface area contributed by atoms with E-state index in [1.807, 2.05) is 20.0 Å². The number of aldehydes is 1. The van der Waals surface area contributed by atoms with Gasteiger partial charge < -0.3 is 19.5 Å². The number of aromatic hydroxyl groups is 1. The number of phenols is 1. The molecule has 0 fully saturated rings. The molecule has 2 aromatic rings. The molecule has 0 bridgehead atoms. The van der Waals surface area contributed by atoms with Crippen molar-refractivity contribution in [1.29, 1.82) is 0 Å². The van der Waals surface area contributed by atoms with Gasteiger partial charge in [0.25, 0.3) is 0 Å². The number of fused-ring (bicyclic) bond motifs is 2. The van der Waals surface area contributed by atoms with Crippen LogP contribution in [0.15, 0.2) is 35.4 Å². The van der Waals surface area contributed by atoms with Gasteiger partial charge in [0.05, 0.1) is 16.9 Å². The molecule has 2 aliphatic heterocycles. The number of cyclic esters (lactones) is 1.